The molecule has 124 valence electrons. The van der Waals surface area contributed by atoms with Crippen molar-refractivity contribution in [3.8, 4) is 5.75 Å². The van der Waals surface area contributed by atoms with E-state index in [-0.39, 0.29) is 6.04 Å². The van der Waals surface area contributed by atoms with Crippen molar-refractivity contribution in [2.24, 2.45) is 0 Å². The third-order valence-electron chi connectivity index (χ3n) is 4.91. The summed E-state index contributed by atoms with van der Waals surface area (Å²) >= 11 is 0. The lowest BCUT2D eigenvalue weighted by Crippen LogP contribution is -2.45. The number of benzene rings is 1. The number of likely N-dealkylation sites (tertiary alicyclic amines) is 1. The van der Waals surface area contributed by atoms with Gasteiger partial charge in [-0.1, -0.05) is 17.3 Å². The number of rotatable bonds is 5. The summed E-state index contributed by atoms with van der Waals surface area (Å²) in [6.45, 7) is 5.56. The second-order valence-electron chi connectivity index (χ2n) is 6.41. The molecule has 1 saturated heterocycles. The van der Waals surface area contributed by atoms with Crippen molar-refractivity contribution >= 4 is 0 Å². The zero-order chi connectivity index (χ0) is 16.4. The quantitative estimate of drug-likeness (QED) is 0.919. The minimum atomic E-state index is -0.909. The smallest absolute Gasteiger partial charge is 0.138 e. The summed E-state index contributed by atoms with van der Waals surface area (Å²) in [4.78, 5) is 2.32. The van der Waals surface area contributed by atoms with E-state index in [0.717, 1.165) is 48.6 Å². The van der Waals surface area contributed by atoms with Crippen molar-refractivity contribution in [1.29, 1.82) is 0 Å². The Morgan fingerprint density at radius 2 is 2.13 bits per heavy atom. The maximum absolute atomic E-state index is 11.2. The van der Waals surface area contributed by atoms with Crippen LogP contribution in [0, 0.1) is 6.92 Å². The highest BCUT2D eigenvalue weighted by molar-refractivity contribution is 5.32. The van der Waals surface area contributed by atoms with Gasteiger partial charge in [0.1, 0.15) is 17.1 Å². The van der Waals surface area contributed by atoms with Gasteiger partial charge in [0, 0.05) is 18.2 Å². The molecule has 0 aliphatic carbocycles. The summed E-state index contributed by atoms with van der Waals surface area (Å²) in [5.41, 5.74) is 1.09. The number of aromatic nitrogens is 1. The molecule has 2 atom stereocenters. The minimum Gasteiger partial charge on any atom is -0.497 e. The number of aliphatic hydroxyl groups is 1. The number of hydrogen-bond donors (Lipinski definition) is 1. The van der Waals surface area contributed by atoms with Gasteiger partial charge >= 0.3 is 0 Å². The van der Waals surface area contributed by atoms with Crippen LogP contribution in [-0.2, 0) is 12.1 Å². The van der Waals surface area contributed by atoms with E-state index in [2.05, 4.69) is 10.1 Å². The normalized spacial score (nSPS) is 21.3. The topological polar surface area (TPSA) is 58.7 Å². The molecule has 2 aromatic rings. The maximum Gasteiger partial charge on any atom is 0.138 e. The van der Waals surface area contributed by atoms with Crippen LogP contribution in [0.2, 0.25) is 0 Å². The largest absolute Gasteiger partial charge is 0.497 e. The Morgan fingerprint density at radius 3 is 2.74 bits per heavy atom. The fraction of sp³-hybridized carbons (Fsp3) is 0.500. The average molecular weight is 316 g/mol. The number of aryl methyl sites for hydroxylation is 1. The lowest BCUT2D eigenvalue weighted by molar-refractivity contribution is -0.0255. The van der Waals surface area contributed by atoms with Crippen molar-refractivity contribution in [1.82, 2.24) is 10.1 Å². The second kappa shape index (κ2) is 6.34. The third-order valence-corrected chi connectivity index (χ3v) is 4.91. The molecule has 0 radical (unpaired) electrons. The molecule has 1 aliphatic heterocycles. The number of hydrogen-bond acceptors (Lipinski definition) is 5. The van der Waals surface area contributed by atoms with E-state index in [1.807, 2.05) is 38.1 Å². The summed E-state index contributed by atoms with van der Waals surface area (Å²) in [5.74, 6) is 1.65. The van der Waals surface area contributed by atoms with Gasteiger partial charge in [0.2, 0.25) is 0 Å². The highest BCUT2D eigenvalue weighted by Crippen LogP contribution is 2.36. The van der Waals surface area contributed by atoms with Gasteiger partial charge in [0.25, 0.3) is 0 Å². The van der Waals surface area contributed by atoms with Crippen molar-refractivity contribution in [2.75, 3.05) is 13.7 Å². The summed E-state index contributed by atoms with van der Waals surface area (Å²) in [6, 6.07) is 7.76. The molecular formula is C18H24N2O3. The van der Waals surface area contributed by atoms with Gasteiger partial charge in [0.05, 0.1) is 13.3 Å². The molecule has 0 bridgehead atoms. The molecule has 0 amide bonds. The predicted molar refractivity (Wildman–Crippen MR) is 87.2 cm³/mol. The van der Waals surface area contributed by atoms with Gasteiger partial charge in [0.15, 0.2) is 0 Å². The van der Waals surface area contributed by atoms with E-state index < -0.39 is 5.60 Å². The summed E-state index contributed by atoms with van der Waals surface area (Å²) < 4.78 is 10.4. The van der Waals surface area contributed by atoms with Gasteiger partial charge in [-0.25, -0.2) is 0 Å². The van der Waals surface area contributed by atoms with Gasteiger partial charge in [-0.05, 0) is 50.9 Å². The van der Waals surface area contributed by atoms with Crippen LogP contribution in [0.15, 0.2) is 35.0 Å². The Hall–Kier alpha value is -1.85. The highest BCUT2D eigenvalue weighted by Gasteiger charge is 2.40. The molecule has 1 fully saturated rings. The molecule has 1 aromatic carbocycles. The monoisotopic (exact) mass is 316 g/mol. The molecule has 2 unspecified atom stereocenters. The first-order valence-corrected chi connectivity index (χ1v) is 8.03. The van der Waals surface area contributed by atoms with E-state index in [4.69, 9.17) is 9.26 Å². The van der Waals surface area contributed by atoms with E-state index in [9.17, 15) is 5.11 Å². The molecule has 1 aromatic heterocycles. The number of methoxy groups -OCH3 is 1. The maximum atomic E-state index is 11.2. The Labute approximate surface area is 136 Å². The standard InChI is InChI=1S/C18H24N2O3/c1-13-14(11-19-23-13)12-20-10-4-5-17(20)18(2,21)15-6-8-16(22-3)9-7-15/h6-9,11,17,21H,4-5,10,12H2,1-3H3. The van der Waals surface area contributed by atoms with Crippen LogP contribution in [0.3, 0.4) is 0 Å². The molecule has 5 heteroatoms. The fourth-order valence-electron chi connectivity index (χ4n) is 3.46. The molecule has 1 N–H and O–H groups in total. The van der Waals surface area contributed by atoms with Crippen LogP contribution < -0.4 is 4.74 Å². The van der Waals surface area contributed by atoms with Gasteiger partial charge in [-0.3, -0.25) is 4.90 Å². The highest BCUT2D eigenvalue weighted by atomic mass is 16.5. The predicted octanol–water partition coefficient (Wildman–Crippen LogP) is 2.86. The molecule has 0 saturated carbocycles. The van der Waals surface area contributed by atoms with Crippen LogP contribution in [0.1, 0.15) is 36.7 Å². The zero-order valence-electron chi connectivity index (χ0n) is 14.0. The molecule has 3 rings (SSSR count). The van der Waals surface area contributed by atoms with Crippen LogP contribution in [-0.4, -0.2) is 34.9 Å². The first-order valence-electron chi connectivity index (χ1n) is 8.03. The summed E-state index contributed by atoms with van der Waals surface area (Å²) in [6.07, 6.45) is 3.83. The third kappa shape index (κ3) is 3.12. The van der Waals surface area contributed by atoms with Crippen molar-refractivity contribution < 1.29 is 14.4 Å². The zero-order valence-corrected chi connectivity index (χ0v) is 14.0. The van der Waals surface area contributed by atoms with Crippen LogP contribution >= 0.6 is 0 Å². The Balaban J connectivity index is 1.80. The summed E-state index contributed by atoms with van der Waals surface area (Å²) in [5, 5.41) is 15.0. The Kier molecular flexibility index (Phi) is 4.41. The van der Waals surface area contributed by atoms with Gasteiger partial charge in [-0.15, -0.1) is 0 Å². The fourth-order valence-corrected chi connectivity index (χ4v) is 3.46. The SMILES string of the molecule is COc1ccc(C(C)(O)C2CCCN2Cc2cnoc2C)cc1. The molecular weight excluding hydrogens is 292 g/mol. The van der Waals surface area contributed by atoms with Gasteiger partial charge in [-0.2, -0.15) is 0 Å². The molecule has 2 heterocycles. The van der Waals surface area contributed by atoms with Crippen molar-refractivity contribution in [2.45, 2.75) is 44.9 Å². The Morgan fingerprint density at radius 1 is 1.39 bits per heavy atom. The van der Waals surface area contributed by atoms with Crippen molar-refractivity contribution in [3.05, 3.63) is 47.3 Å². The first-order chi connectivity index (χ1) is 11.0. The first kappa shape index (κ1) is 16.0. The molecule has 0 spiro atoms. The summed E-state index contributed by atoms with van der Waals surface area (Å²) in [7, 11) is 1.65. The van der Waals surface area contributed by atoms with E-state index >= 15 is 0 Å². The van der Waals surface area contributed by atoms with Crippen LogP contribution in [0.25, 0.3) is 0 Å². The second-order valence-corrected chi connectivity index (χ2v) is 6.41. The van der Waals surface area contributed by atoms with E-state index in [0.29, 0.717) is 0 Å². The minimum absolute atomic E-state index is 0.0743. The number of nitrogens with zero attached hydrogens (tertiary/aromatic N) is 2. The van der Waals surface area contributed by atoms with Crippen LogP contribution in [0.5, 0.6) is 5.75 Å². The van der Waals surface area contributed by atoms with E-state index in [1.54, 1.807) is 13.3 Å². The van der Waals surface area contributed by atoms with E-state index in [1.165, 1.54) is 0 Å². The Bertz CT molecular complexity index is 649. The van der Waals surface area contributed by atoms with Gasteiger partial charge < -0.3 is 14.4 Å². The lowest BCUT2D eigenvalue weighted by Gasteiger charge is -2.37. The van der Waals surface area contributed by atoms with Crippen LogP contribution in [0.4, 0.5) is 0 Å². The number of ether oxygens (including phenoxy) is 1. The molecule has 1 aliphatic rings. The molecule has 23 heavy (non-hydrogen) atoms. The lowest BCUT2D eigenvalue weighted by atomic mass is 9.86. The van der Waals surface area contributed by atoms with Crippen molar-refractivity contribution in [3.63, 3.8) is 0 Å². The average Bonchev–Trinajstić information content (AvgIpc) is 3.18. The molecule has 5 nitrogen and oxygen atoms in total.